The Balaban J connectivity index is 1.51. The summed E-state index contributed by atoms with van der Waals surface area (Å²) in [6, 6.07) is 12.9. The number of nitrogens with zero attached hydrogens (tertiary/aromatic N) is 6. The first-order chi connectivity index (χ1) is 13.1. The van der Waals surface area contributed by atoms with Gasteiger partial charge in [-0.15, -0.1) is 5.10 Å². The van der Waals surface area contributed by atoms with Crippen LogP contribution in [-0.4, -0.2) is 40.8 Å². The number of benzene rings is 1. The van der Waals surface area contributed by atoms with E-state index in [0.29, 0.717) is 5.69 Å². The third-order valence-corrected chi connectivity index (χ3v) is 4.14. The van der Waals surface area contributed by atoms with Crippen molar-refractivity contribution in [3.63, 3.8) is 0 Å². The molecule has 0 aliphatic carbocycles. The van der Waals surface area contributed by atoms with E-state index in [9.17, 15) is 9.90 Å². The van der Waals surface area contributed by atoms with Crippen LogP contribution in [0.15, 0.2) is 55.0 Å². The van der Waals surface area contributed by atoms with Crippen LogP contribution in [-0.2, 0) is 11.3 Å². The molecule has 9 heteroatoms. The van der Waals surface area contributed by atoms with E-state index in [2.05, 4.69) is 20.4 Å². The maximum atomic E-state index is 12.1. The maximum absolute atomic E-state index is 12.1. The molecule has 0 spiro atoms. The topological polar surface area (TPSA) is 107 Å². The molecular weight excluding hydrogens is 348 g/mol. The Morgan fingerprint density at radius 2 is 2.04 bits per heavy atom. The van der Waals surface area contributed by atoms with Crippen molar-refractivity contribution in [2.75, 3.05) is 0 Å². The fraction of sp³-hybridized carbons (Fsp3) is 0.167. The van der Waals surface area contributed by atoms with E-state index in [4.69, 9.17) is 4.74 Å². The molecule has 0 amide bonds. The minimum absolute atomic E-state index is 0.122. The second kappa shape index (κ2) is 6.96. The highest BCUT2D eigenvalue weighted by atomic mass is 16.6. The molecule has 4 rings (SSSR count). The van der Waals surface area contributed by atoms with E-state index in [0.717, 1.165) is 21.5 Å². The lowest BCUT2D eigenvalue weighted by Gasteiger charge is -2.07. The summed E-state index contributed by atoms with van der Waals surface area (Å²) in [7, 11) is 0. The Labute approximate surface area is 153 Å². The molecule has 1 atom stereocenters. The van der Waals surface area contributed by atoms with Gasteiger partial charge in [0.2, 0.25) is 0 Å². The van der Waals surface area contributed by atoms with Crippen molar-refractivity contribution >= 4 is 11.6 Å². The molecule has 0 saturated heterocycles. The fourth-order valence-electron chi connectivity index (χ4n) is 2.71. The van der Waals surface area contributed by atoms with Gasteiger partial charge in [0.05, 0.1) is 23.1 Å². The highest BCUT2D eigenvalue weighted by molar-refractivity contribution is 5.69. The summed E-state index contributed by atoms with van der Waals surface area (Å²) in [6.07, 6.45) is 0.974. The smallest absolute Gasteiger partial charge is 0.436 e. The van der Waals surface area contributed by atoms with Gasteiger partial charge < -0.3 is 9.84 Å². The predicted molar refractivity (Wildman–Crippen MR) is 93.8 cm³/mol. The number of hydrogen-bond donors (Lipinski definition) is 1. The molecule has 136 valence electrons. The quantitative estimate of drug-likeness (QED) is 0.589. The summed E-state index contributed by atoms with van der Waals surface area (Å²) in [5, 5.41) is 22.4. The fourth-order valence-corrected chi connectivity index (χ4v) is 2.71. The number of aromatic nitrogens is 6. The van der Waals surface area contributed by atoms with E-state index in [1.54, 1.807) is 10.6 Å². The lowest BCUT2D eigenvalue weighted by molar-refractivity contribution is 0.137. The zero-order valence-corrected chi connectivity index (χ0v) is 14.4. The van der Waals surface area contributed by atoms with Crippen molar-refractivity contribution in [2.45, 2.75) is 19.6 Å². The zero-order chi connectivity index (χ0) is 18.8. The molecule has 0 radical (unpaired) electrons. The van der Waals surface area contributed by atoms with Crippen LogP contribution in [0.5, 0.6) is 0 Å². The van der Waals surface area contributed by atoms with Gasteiger partial charge in [0.15, 0.2) is 0 Å². The van der Waals surface area contributed by atoms with Crippen LogP contribution in [0.3, 0.4) is 0 Å². The highest BCUT2D eigenvalue weighted by Crippen LogP contribution is 2.22. The second-order valence-electron chi connectivity index (χ2n) is 5.93. The molecule has 0 bridgehead atoms. The molecule has 1 N–H and O–H groups in total. The summed E-state index contributed by atoms with van der Waals surface area (Å²) in [4.78, 5) is 16.2. The molecular formula is C18H16N6O3. The minimum atomic E-state index is -1.10. The van der Waals surface area contributed by atoms with E-state index < -0.39 is 12.2 Å². The zero-order valence-electron chi connectivity index (χ0n) is 14.4. The summed E-state index contributed by atoms with van der Waals surface area (Å²) in [6.45, 7) is 1.98. The first-order valence-corrected chi connectivity index (χ1v) is 8.24. The van der Waals surface area contributed by atoms with Crippen LogP contribution in [0.4, 0.5) is 4.79 Å². The number of aliphatic hydroxyl groups excluding tert-OH is 1. The van der Waals surface area contributed by atoms with Crippen LogP contribution in [0, 0.1) is 6.92 Å². The standard InChI is InChI=1S/C18H16N6O3/c1-12-15-7-8-16(24(15)20-11-19-12)17(25)14-9-23(22-21-14)18(26)27-10-13-5-3-2-4-6-13/h2-9,11,17,25H,10H2,1H3. The van der Waals surface area contributed by atoms with Crippen LogP contribution in [0.1, 0.15) is 28.7 Å². The largest absolute Gasteiger partial charge is 0.443 e. The lowest BCUT2D eigenvalue weighted by atomic mass is 10.2. The number of aliphatic hydroxyl groups is 1. The number of hydrogen-bond acceptors (Lipinski definition) is 7. The Morgan fingerprint density at radius 3 is 2.85 bits per heavy atom. The van der Waals surface area contributed by atoms with Crippen molar-refractivity contribution in [1.82, 2.24) is 29.6 Å². The maximum Gasteiger partial charge on any atom is 0.436 e. The number of carbonyl (C=O) groups is 1. The summed E-state index contributed by atoms with van der Waals surface area (Å²) in [5.41, 5.74) is 3.14. The third-order valence-electron chi connectivity index (χ3n) is 4.14. The summed E-state index contributed by atoms with van der Waals surface area (Å²) < 4.78 is 7.74. The minimum Gasteiger partial charge on any atom is -0.443 e. The van der Waals surface area contributed by atoms with Gasteiger partial charge in [0, 0.05) is 0 Å². The molecule has 4 aromatic rings. The molecule has 1 unspecified atom stereocenters. The molecule has 1 aromatic carbocycles. The van der Waals surface area contributed by atoms with Gasteiger partial charge in [-0.2, -0.15) is 9.78 Å². The van der Waals surface area contributed by atoms with Crippen molar-refractivity contribution in [3.8, 4) is 0 Å². The van der Waals surface area contributed by atoms with Gasteiger partial charge in [-0.3, -0.25) is 0 Å². The molecule has 0 aliphatic heterocycles. The van der Waals surface area contributed by atoms with Gasteiger partial charge in [-0.1, -0.05) is 35.5 Å². The van der Waals surface area contributed by atoms with Gasteiger partial charge in [-0.25, -0.2) is 14.3 Å². The van der Waals surface area contributed by atoms with Gasteiger partial charge >= 0.3 is 6.09 Å². The van der Waals surface area contributed by atoms with Crippen LogP contribution in [0.2, 0.25) is 0 Å². The van der Waals surface area contributed by atoms with Crippen molar-refractivity contribution < 1.29 is 14.6 Å². The molecule has 27 heavy (non-hydrogen) atoms. The monoisotopic (exact) mass is 364 g/mol. The van der Waals surface area contributed by atoms with Crippen molar-refractivity contribution in [1.29, 1.82) is 0 Å². The number of ether oxygens (including phenoxy) is 1. The molecule has 0 fully saturated rings. The summed E-state index contributed by atoms with van der Waals surface area (Å²) >= 11 is 0. The molecule has 3 aromatic heterocycles. The Kier molecular flexibility index (Phi) is 4.35. The van der Waals surface area contributed by atoms with Crippen molar-refractivity contribution in [3.05, 3.63) is 77.6 Å². The highest BCUT2D eigenvalue weighted by Gasteiger charge is 2.21. The SMILES string of the molecule is Cc1ncnn2c(C(O)c3cn(C(=O)OCc4ccccc4)nn3)ccc12. The van der Waals surface area contributed by atoms with E-state index in [1.807, 2.05) is 43.3 Å². The average Bonchev–Trinajstić information content (AvgIpc) is 3.35. The first kappa shape index (κ1) is 16.9. The molecule has 0 aliphatic rings. The van der Waals surface area contributed by atoms with Crippen molar-refractivity contribution in [2.24, 2.45) is 0 Å². The number of fused-ring (bicyclic) bond motifs is 1. The predicted octanol–water partition coefficient (Wildman–Crippen LogP) is 1.90. The lowest BCUT2D eigenvalue weighted by Crippen LogP contribution is -2.14. The van der Waals surface area contributed by atoms with Crippen LogP contribution < -0.4 is 0 Å². The van der Waals surface area contributed by atoms with Crippen LogP contribution >= 0.6 is 0 Å². The molecule has 3 heterocycles. The van der Waals surface area contributed by atoms with Gasteiger partial charge in [0.25, 0.3) is 0 Å². The third kappa shape index (κ3) is 3.27. The number of rotatable bonds is 4. The summed E-state index contributed by atoms with van der Waals surface area (Å²) in [5.74, 6) is 0. The number of carbonyl (C=O) groups excluding carboxylic acids is 1. The normalized spacial score (nSPS) is 12.2. The van der Waals surface area contributed by atoms with E-state index >= 15 is 0 Å². The average molecular weight is 364 g/mol. The molecule has 9 nitrogen and oxygen atoms in total. The number of aryl methyl sites for hydroxylation is 1. The van der Waals surface area contributed by atoms with Gasteiger partial charge in [0.1, 0.15) is 24.7 Å². The molecule has 0 saturated carbocycles. The second-order valence-corrected chi connectivity index (χ2v) is 5.93. The first-order valence-electron chi connectivity index (χ1n) is 8.24. The van der Waals surface area contributed by atoms with Crippen LogP contribution in [0.25, 0.3) is 5.52 Å². The Morgan fingerprint density at radius 1 is 1.22 bits per heavy atom. The Bertz CT molecular complexity index is 1090. The van der Waals surface area contributed by atoms with E-state index in [1.165, 1.54) is 12.5 Å². The van der Waals surface area contributed by atoms with Gasteiger partial charge in [-0.05, 0) is 24.6 Å². The Hall–Kier alpha value is -3.59. The van der Waals surface area contributed by atoms with E-state index in [-0.39, 0.29) is 12.3 Å².